The van der Waals surface area contributed by atoms with Gasteiger partial charge in [-0.3, -0.25) is 0 Å². The maximum absolute atomic E-state index is 11.1. The predicted molar refractivity (Wildman–Crippen MR) is 124 cm³/mol. The summed E-state index contributed by atoms with van der Waals surface area (Å²) in [6.07, 6.45) is 2.77. The van der Waals surface area contributed by atoms with Crippen molar-refractivity contribution in [2.24, 2.45) is 5.92 Å². The average molecular weight is 504 g/mol. The molecule has 0 aliphatic carbocycles. The van der Waals surface area contributed by atoms with Crippen molar-refractivity contribution in [3.8, 4) is 25.9 Å². The Morgan fingerprint density at radius 3 is 2.65 bits per heavy atom. The van der Waals surface area contributed by atoms with Crippen LogP contribution in [-0.4, -0.2) is 54.7 Å². The second-order valence-electron chi connectivity index (χ2n) is 8.10. The molecule has 5 nitrogen and oxygen atoms in total. The molecule has 0 saturated carbocycles. The summed E-state index contributed by atoms with van der Waals surface area (Å²) in [4.78, 5) is 18.0. The molecule has 162 valence electrons. The molecule has 1 unspecified atom stereocenters. The van der Waals surface area contributed by atoms with Crippen LogP contribution < -0.4 is 4.74 Å². The first-order valence-electron chi connectivity index (χ1n) is 10.4. The van der Waals surface area contributed by atoms with Crippen LogP contribution in [0.2, 0.25) is 5.02 Å². The third kappa shape index (κ3) is 5.39. The van der Waals surface area contributed by atoms with Gasteiger partial charge in [-0.1, -0.05) is 0 Å². The van der Waals surface area contributed by atoms with E-state index in [1.807, 2.05) is 38.2 Å². The Balaban J connectivity index is 1.43. The molecule has 2 heterocycles. The van der Waals surface area contributed by atoms with Gasteiger partial charge in [-0.25, -0.2) is 0 Å². The molecule has 3 aromatic rings. The fourth-order valence-corrected chi connectivity index (χ4v) is 5.89. The minimum atomic E-state index is -0.688. The van der Waals surface area contributed by atoms with E-state index < -0.39 is 5.97 Å². The summed E-state index contributed by atoms with van der Waals surface area (Å²) in [7, 11) is 0. The van der Waals surface area contributed by atoms with Crippen LogP contribution in [-0.2, 0) is 11.3 Å². The molecular weight excluding hydrogens is 479 g/mol. The number of benzene rings is 2. The van der Waals surface area contributed by atoms with Crippen LogP contribution in [0.15, 0.2) is 48.7 Å². The second-order valence-corrected chi connectivity index (χ2v) is 10.7. The molecular formula is C24H25ClN2O3Se. The fourth-order valence-electron chi connectivity index (χ4n) is 3.73. The quantitative estimate of drug-likeness (QED) is 0.468. The summed E-state index contributed by atoms with van der Waals surface area (Å²) >= 11 is 6.50. The molecule has 1 saturated heterocycles. The molecule has 0 amide bonds. The Labute approximate surface area is 193 Å². The van der Waals surface area contributed by atoms with E-state index in [4.69, 9.17) is 21.4 Å². The molecule has 1 N–H and O–H groups in total. The van der Waals surface area contributed by atoms with Crippen molar-refractivity contribution in [1.82, 2.24) is 9.88 Å². The SMILES string of the molecule is CC(C)Oc1ccc(-c2ncc(-c3ccc(CN4CCC(C(=O)O)C4)cc3)[se]2)cc1Cl. The van der Waals surface area contributed by atoms with Crippen LogP contribution in [0.1, 0.15) is 25.8 Å². The van der Waals surface area contributed by atoms with Crippen molar-refractivity contribution in [1.29, 1.82) is 0 Å². The molecule has 4 rings (SSSR count). The Bertz CT molecular complexity index is 1060. The zero-order chi connectivity index (χ0) is 22.0. The molecule has 1 aliphatic rings. The van der Waals surface area contributed by atoms with Crippen LogP contribution in [0.3, 0.4) is 0 Å². The summed E-state index contributed by atoms with van der Waals surface area (Å²) in [5, 5.41) is 9.77. The van der Waals surface area contributed by atoms with Crippen molar-refractivity contribution >= 4 is 32.1 Å². The van der Waals surface area contributed by atoms with Crippen molar-refractivity contribution in [3.63, 3.8) is 0 Å². The number of likely N-dealkylation sites (tertiary alicyclic amines) is 1. The number of nitrogens with zero attached hydrogens (tertiary/aromatic N) is 2. The van der Waals surface area contributed by atoms with Gasteiger partial charge in [0.1, 0.15) is 0 Å². The van der Waals surface area contributed by atoms with E-state index in [0.717, 1.165) is 29.6 Å². The zero-order valence-corrected chi connectivity index (χ0v) is 20.0. The number of carbonyl (C=O) groups is 1. The van der Waals surface area contributed by atoms with Crippen LogP contribution in [0, 0.1) is 5.92 Å². The fraction of sp³-hybridized carbons (Fsp3) is 0.333. The number of carboxylic acids is 1. The van der Waals surface area contributed by atoms with Gasteiger partial charge < -0.3 is 0 Å². The van der Waals surface area contributed by atoms with Crippen molar-refractivity contribution in [2.75, 3.05) is 13.1 Å². The molecule has 7 heteroatoms. The van der Waals surface area contributed by atoms with Gasteiger partial charge in [-0.2, -0.15) is 0 Å². The first-order valence-corrected chi connectivity index (χ1v) is 12.4. The van der Waals surface area contributed by atoms with E-state index in [-0.39, 0.29) is 26.5 Å². The average Bonchev–Trinajstić information content (AvgIpc) is 3.40. The number of hydrogen-bond donors (Lipinski definition) is 1. The van der Waals surface area contributed by atoms with Crippen LogP contribution in [0.5, 0.6) is 5.75 Å². The van der Waals surface area contributed by atoms with E-state index in [0.29, 0.717) is 17.3 Å². The van der Waals surface area contributed by atoms with Crippen molar-refractivity contribution in [2.45, 2.75) is 32.9 Å². The van der Waals surface area contributed by atoms with Crippen LogP contribution in [0.25, 0.3) is 20.1 Å². The standard InChI is InChI=1S/C24H25ClN2O3Se/c1-15(2)30-21-8-7-18(11-20(21)25)23-26-12-22(31-23)17-5-3-16(4-6-17)13-27-10-9-19(14-27)24(28)29/h3-8,11-12,15,19H,9-10,13-14H2,1-2H3,(H,28,29). The molecule has 1 aliphatic heterocycles. The molecule has 31 heavy (non-hydrogen) atoms. The van der Waals surface area contributed by atoms with E-state index in [9.17, 15) is 4.79 Å². The molecule has 0 spiro atoms. The number of rotatable bonds is 7. The van der Waals surface area contributed by atoms with Gasteiger partial charge in [-0.05, 0) is 0 Å². The second kappa shape index (κ2) is 9.58. The predicted octanol–water partition coefficient (Wildman–Crippen LogP) is 4.82. The molecule has 0 bridgehead atoms. The maximum atomic E-state index is 11.1. The van der Waals surface area contributed by atoms with Gasteiger partial charge in [0.2, 0.25) is 0 Å². The molecule has 1 atom stereocenters. The van der Waals surface area contributed by atoms with E-state index in [2.05, 4.69) is 34.1 Å². The van der Waals surface area contributed by atoms with E-state index in [1.165, 1.54) is 15.6 Å². The van der Waals surface area contributed by atoms with Crippen molar-refractivity contribution < 1.29 is 14.6 Å². The Kier molecular flexibility index (Phi) is 6.83. The van der Waals surface area contributed by atoms with Gasteiger partial charge in [0.15, 0.2) is 0 Å². The monoisotopic (exact) mass is 504 g/mol. The first-order chi connectivity index (χ1) is 14.9. The summed E-state index contributed by atoms with van der Waals surface area (Å²) in [6.45, 7) is 6.22. The summed E-state index contributed by atoms with van der Waals surface area (Å²) in [5.74, 6) is -0.226. The number of hydrogen-bond acceptors (Lipinski definition) is 4. The van der Waals surface area contributed by atoms with E-state index in [1.54, 1.807) is 0 Å². The van der Waals surface area contributed by atoms with Gasteiger partial charge in [0, 0.05) is 0 Å². The first kappa shape index (κ1) is 22.1. The normalized spacial score (nSPS) is 16.7. The summed E-state index contributed by atoms with van der Waals surface area (Å²) < 4.78 is 8.01. The van der Waals surface area contributed by atoms with Gasteiger partial charge in [0.25, 0.3) is 0 Å². The number of halogens is 1. The number of ether oxygens (including phenoxy) is 1. The number of carboxylic acid groups (broad SMARTS) is 1. The topological polar surface area (TPSA) is 62.7 Å². The van der Waals surface area contributed by atoms with Gasteiger partial charge in [-0.15, -0.1) is 0 Å². The zero-order valence-electron chi connectivity index (χ0n) is 17.5. The minimum absolute atomic E-state index is 0.0803. The van der Waals surface area contributed by atoms with Crippen LogP contribution in [0.4, 0.5) is 0 Å². The Morgan fingerprint density at radius 2 is 2.00 bits per heavy atom. The van der Waals surface area contributed by atoms with Gasteiger partial charge in [0.05, 0.1) is 0 Å². The van der Waals surface area contributed by atoms with Gasteiger partial charge >= 0.3 is 194 Å². The summed E-state index contributed by atoms with van der Waals surface area (Å²) in [5.41, 5.74) is 3.42. The van der Waals surface area contributed by atoms with E-state index >= 15 is 0 Å². The Morgan fingerprint density at radius 1 is 1.26 bits per heavy atom. The molecule has 1 aromatic heterocycles. The van der Waals surface area contributed by atoms with Crippen LogP contribution >= 0.6 is 11.6 Å². The third-order valence-corrected chi connectivity index (χ3v) is 7.91. The third-order valence-electron chi connectivity index (χ3n) is 5.31. The molecule has 0 radical (unpaired) electrons. The molecule has 2 aromatic carbocycles. The van der Waals surface area contributed by atoms with Crippen molar-refractivity contribution in [3.05, 3.63) is 59.2 Å². The summed E-state index contributed by atoms with van der Waals surface area (Å²) in [6, 6.07) is 14.4. The Hall–Kier alpha value is -2.11. The molecule has 1 fully saturated rings. The number of aliphatic carboxylic acids is 1. The number of aromatic nitrogens is 1.